The average Bonchev–Trinajstić information content (AvgIpc) is 2.80. The van der Waals surface area contributed by atoms with E-state index in [1.165, 1.54) is 12.3 Å². The third-order valence-corrected chi connectivity index (χ3v) is 3.38. The number of hydrazone groups is 1. The third-order valence-electron chi connectivity index (χ3n) is 3.38. The van der Waals surface area contributed by atoms with Crippen molar-refractivity contribution < 1.29 is 19.4 Å². The number of hydrogen-bond acceptors (Lipinski definition) is 5. The molecule has 3 rings (SSSR count). The Labute approximate surface area is 132 Å². The zero-order valence-corrected chi connectivity index (χ0v) is 12.4. The van der Waals surface area contributed by atoms with E-state index in [9.17, 15) is 14.7 Å². The molecule has 0 bridgehead atoms. The van der Waals surface area contributed by atoms with Gasteiger partial charge in [-0.2, -0.15) is 10.1 Å². The summed E-state index contributed by atoms with van der Waals surface area (Å²) in [4.78, 5) is 24.4. The molecule has 0 aliphatic carbocycles. The standard InChI is InChI=1S/C17H14N2O4/c1-2-23-15-9-11(7-8-14(15)20)10-18-19-16(21)12-5-3-4-6-13(12)17(19)22/h3-10,20H,2H2,1H3/b18-10+. The summed E-state index contributed by atoms with van der Waals surface area (Å²) in [6.45, 7) is 2.21. The van der Waals surface area contributed by atoms with E-state index >= 15 is 0 Å². The lowest BCUT2D eigenvalue weighted by Crippen LogP contribution is -2.23. The summed E-state index contributed by atoms with van der Waals surface area (Å²) in [6, 6.07) is 11.3. The first kappa shape index (κ1) is 14.8. The van der Waals surface area contributed by atoms with Crippen molar-refractivity contribution in [2.45, 2.75) is 6.92 Å². The van der Waals surface area contributed by atoms with Crippen LogP contribution in [0, 0.1) is 0 Å². The Morgan fingerprint density at radius 2 is 1.78 bits per heavy atom. The van der Waals surface area contributed by atoms with E-state index in [1.807, 2.05) is 0 Å². The van der Waals surface area contributed by atoms with E-state index < -0.39 is 11.8 Å². The number of ether oxygens (including phenoxy) is 1. The first-order chi connectivity index (χ1) is 11.1. The average molecular weight is 310 g/mol. The van der Waals surface area contributed by atoms with Gasteiger partial charge in [-0.1, -0.05) is 12.1 Å². The lowest BCUT2D eigenvalue weighted by Gasteiger charge is -2.07. The fraction of sp³-hybridized carbons (Fsp3) is 0.118. The maximum atomic E-state index is 12.2. The van der Waals surface area contributed by atoms with E-state index in [2.05, 4.69) is 5.10 Å². The number of phenols is 1. The highest BCUT2D eigenvalue weighted by Crippen LogP contribution is 2.27. The molecule has 6 heteroatoms. The van der Waals surface area contributed by atoms with Gasteiger partial charge in [0.25, 0.3) is 11.8 Å². The van der Waals surface area contributed by atoms with Crippen molar-refractivity contribution in [3.05, 3.63) is 59.2 Å². The van der Waals surface area contributed by atoms with Crippen LogP contribution in [0.25, 0.3) is 0 Å². The summed E-state index contributed by atoms with van der Waals surface area (Å²) in [6.07, 6.45) is 1.38. The molecule has 2 aromatic rings. The summed E-state index contributed by atoms with van der Waals surface area (Å²) in [5.41, 5.74) is 1.29. The number of aromatic hydroxyl groups is 1. The zero-order chi connectivity index (χ0) is 16.4. The van der Waals surface area contributed by atoms with E-state index in [1.54, 1.807) is 43.3 Å². The number of carbonyl (C=O) groups excluding carboxylic acids is 2. The number of amides is 2. The van der Waals surface area contributed by atoms with Crippen molar-refractivity contribution in [2.24, 2.45) is 5.10 Å². The van der Waals surface area contributed by atoms with Gasteiger partial charge in [-0.05, 0) is 42.8 Å². The second-order valence-electron chi connectivity index (χ2n) is 4.87. The highest BCUT2D eigenvalue weighted by Gasteiger charge is 2.35. The fourth-order valence-corrected chi connectivity index (χ4v) is 2.29. The zero-order valence-electron chi connectivity index (χ0n) is 12.4. The summed E-state index contributed by atoms with van der Waals surface area (Å²) >= 11 is 0. The van der Waals surface area contributed by atoms with Crippen LogP contribution >= 0.6 is 0 Å². The van der Waals surface area contributed by atoms with Gasteiger partial charge in [0.2, 0.25) is 0 Å². The molecule has 23 heavy (non-hydrogen) atoms. The number of phenolic OH excluding ortho intramolecular Hbond substituents is 1. The van der Waals surface area contributed by atoms with Crippen LogP contribution in [-0.4, -0.2) is 34.8 Å². The van der Waals surface area contributed by atoms with E-state index in [0.29, 0.717) is 29.0 Å². The largest absolute Gasteiger partial charge is 0.504 e. The van der Waals surface area contributed by atoms with Crippen LogP contribution in [-0.2, 0) is 0 Å². The van der Waals surface area contributed by atoms with Crippen LogP contribution in [0.5, 0.6) is 11.5 Å². The number of hydrogen-bond donors (Lipinski definition) is 1. The van der Waals surface area contributed by atoms with Gasteiger partial charge in [-0.15, -0.1) is 0 Å². The van der Waals surface area contributed by atoms with Gasteiger partial charge in [0.05, 0.1) is 23.9 Å². The Bertz CT molecular complexity index is 779. The maximum absolute atomic E-state index is 12.2. The van der Waals surface area contributed by atoms with Gasteiger partial charge in [0.1, 0.15) is 0 Å². The van der Waals surface area contributed by atoms with Gasteiger partial charge in [-0.3, -0.25) is 9.59 Å². The molecule has 0 fully saturated rings. The summed E-state index contributed by atoms with van der Waals surface area (Å²) < 4.78 is 5.28. The van der Waals surface area contributed by atoms with Crippen LogP contribution in [0.2, 0.25) is 0 Å². The van der Waals surface area contributed by atoms with Crippen LogP contribution in [0.4, 0.5) is 0 Å². The van der Waals surface area contributed by atoms with Crippen LogP contribution < -0.4 is 4.74 Å². The second kappa shape index (κ2) is 5.92. The molecule has 2 aromatic carbocycles. The monoisotopic (exact) mass is 310 g/mol. The van der Waals surface area contributed by atoms with Crippen LogP contribution in [0.3, 0.4) is 0 Å². The number of nitrogens with zero attached hydrogens (tertiary/aromatic N) is 2. The van der Waals surface area contributed by atoms with E-state index in [-0.39, 0.29) is 5.75 Å². The van der Waals surface area contributed by atoms with Crippen molar-refractivity contribution in [3.63, 3.8) is 0 Å². The van der Waals surface area contributed by atoms with Gasteiger partial charge in [0, 0.05) is 0 Å². The van der Waals surface area contributed by atoms with Gasteiger partial charge >= 0.3 is 0 Å². The number of rotatable bonds is 4. The molecule has 1 heterocycles. The number of carbonyl (C=O) groups is 2. The number of fused-ring (bicyclic) bond motifs is 1. The quantitative estimate of drug-likeness (QED) is 0.695. The Balaban J connectivity index is 1.86. The number of imide groups is 1. The van der Waals surface area contributed by atoms with Crippen LogP contribution in [0.1, 0.15) is 33.2 Å². The lowest BCUT2D eigenvalue weighted by molar-refractivity contribution is 0.0660. The van der Waals surface area contributed by atoms with Crippen molar-refractivity contribution in [1.82, 2.24) is 5.01 Å². The normalized spacial score (nSPS) is 13.7. The highest BCUT2D eigenvalue weighted by atomic mass is 16.5. The summed E-state index contributed by atoms with van der Waals surface area (Å²) in [5, 5.41) is 14.5. The smallest absolute Gasteiger partial charge is 0.282 e. The minimum Gasteiger partial charge on any atom is -0.504 e. The number of benzene rings is 2. The molecule has 6 nitrogen and oxygen atoms in total. The first-order valence-electron chi connectivity index (χ1n) is 7.09. The van der Waals surface area contributed by atoms with Crippen molar-refractivity contribution >= 4 is 18.0 Å². The minimum absolute atomic E-state index is 0.0183. The van der Waals surface area contributed by atoms with E-state index in [4.69, 9.17) is 4.74 Å². The van der Waals surface area contributed by atoms with Crippen molar-refractivity contribution in [2.75, 3.05) is 6.61 Å². The Kier molecular flexibility index (Phi) is 3.80. The predicted octanol–water partition coefficient (Wildman–Crippen LogP) is 2.42. The molecule has 1 aliphatic rings. The molecule has 0 atom stereocenters. The minimum atomic E-state index is -0.453. The summed E-state index contributed by atoms with van der Waals surface area (Å²) in [7, 11) is 0. The topological polar surface area (TPSA) is 79.2 Å². The molecule has 0 radical (unpaired) electrons. The maximum Gasteiger partial charge on any atom is 0.282 e. The molecule has 0 saturated heterocycles. The molecular weight excluding hydrogens is 296 g/mol. The second-order valence-corrected chi connectivity index (χ2v) is 4.87. The van der Waals surface area contributed by atoms with Gasteiger partial charge < -0.3 is 9.84 Å². The van der Waals surface area contributed by atoms with Crippen LogP contribution in [0.15, 0.2) is 47.6 Å². The SMILES string of the molecule is CCOc1cc(/C=N/N2C(=O)c3ccccc3C2=O)ccc1O. The fourth-order valence-electron chi connectivity index (χ4n) is 2.29. The molecule has 2 amide bonds. The Morgan fingerprint density at radius 1 is 1.13 bits per heavy atom. The molecule has 0 saturated carbocycles. The Morgan fingerprint density at radius 3 is 2.39 bits per heavy atom. The lowest BCUT2D eigenvalue weighted by atomic mass is 10.1. The Hall–Kier alpha value is -3.15. The molecule has 0 aromatic heterocycles. The molecule has 1 aliphatic heterocycles. The van der Waals surface area contributed by atoms with E-state index in [0.717, 1.165) is 5.01 Å². The molecule has 0 spiro atoms. The predicted molar refractivity (Wildman–Crippen MR) is 83.8 cm³/mol. The van der Waals surface area contributed by atoms with Crippen molar-refractivity contribution in [3.8, 4) is 11.5 Å². The first-order valence-corrected chi connectivity index (χ1v) is 7.09. The van der Waals surface area contributed by atoms with Crippen molar-refractivity contribution in [1.29, 1.82) is 0 Å². The molecular formula is C17H14N2O4. The molecule has 116 valence electrons. The molecule has 0 unspecified atom stereocenters. The van der Waals surface area contributed by atoms with Gasteiger partial charge in [-0.25, -0.2) is 0 Å². The third kappa shape index (κ3) is 2.66. The highest BCUT2D eigenvalue weighted by molar-refractivity contribution is 6.21. The summed E-state index contributed by atoms with van der Waals surface area (Å²) in [5.74, 6) is -0.570. The molecule has 1 N–H and O–H groups in total. The van der Waals surface area contributed by atoms with Gasteiger partial charge in [0.15, 0.2) is 11.5 Å².